The summed E-state index contributed by atoms with van der Waals surface area (Å²) in [5.74, 6) is -0.852. The first-order valence-corrected chi connectivity index (χ1v) is 7.42. The maximum absolute atomic E-state index is 13.7. The molecule has 0 amide bonds. The Bertz CT molecular complexity index is 767. The molecule has 0 aliphatic heterocycles. The van der Waals surface area contributed by atoms with Crippen LogP contribution in [0, 0.1) is 13.0 Å². The van der Waals surface area contributed by atoms with Gasteiger partial charge in [-0.05, 0) is 19.1 Å². The molecule has 1 aromatic carbocycles. The lowest BCUT2D eigenvalue weighted by Crippen LogP contribution is -2.20. The molecule has 5 nitrogen and oxygen atoms in total. The third-order valence-electron chi connectivity index (χ3n) is 2.84. The Morgan fingerprint density at radius 3 is 2.48 bits per heavy atom. The van der Waals surface area contributed by atoms with Gasteiger partial charge in [0, 0.05) is 0 Å². The molecule has 0 saturated heterocycles. The van der Waals surface area contributed by atoms with Gasteiger partial charge in [-0.25, -0.2) is 17.8 Å². The van der Waals surface area contributed by atoms with E-state index in [1.165, 1.54) is 12.1 Å². The van der Waals surface area contributed by atoms with Crippen LogP contribution in [0.4, 0.5) is 8.78 Å². The second-order valence-electron chi connectivity index (χ2n) is 4.45. The number of carbonyl (C=O) groups is 1. The molecule has 0 aliphatic carbocycles. The highest BCUT2D eigenvalue weighted by Gasteiger charge is 2.25. The fourth-order valence-electron chi connectivity index (χ4n) is 1.79. The summed E-state index contributed by atoms with van der Waals surface area (Å²) < 4.78 is 51.1. The van der Waals surface area contributed by atoms with Crippen LogP contribution in [-0.2, 0) is 21.2 Å². The van der Waals surface area contributed by atoms with Crippen LogP contribution >= 0.6 is 0 Å². The zero-order valence-electron chi connectivity index (χ0n) is 11.1. The van der Waals surface area contributed by atoms with Crippen LogP contribution in [0.2, 0.25) is 0 Å². The molecule has 2 rings (SSSR count). The fourth-order valence-corrected chi connectivity index (χ4v) is 3.14. The summed E-state index contributed by atoms with van der Waals surface area (Å²) in [5, 5.41) is 0. The van der Waals surface area contributed by atoms with Crippen LogP contribution in [0.5, 0.6) is 0 Å². The monoisotopic (exact) mass is 314 g/mol. The predicted molar refractivity (Wildman–Crippen MR) is 70.6 cm³/mol. The summed E-state index contributed by atoms with van der Waals surface area (Å²) in [5.41, 5.74) is 0.628. The number of hydrogen-bond acceptors (Lipinski definition) is 4. The van der Waals surface area contributed by atoms with E-state index in [4.69, 9.17) is 0 Å². The number of rotatable bonds is 5. The van der Waals surface area contributed by atoms with Crippen molar-refractivity contribution in [2.45, 2.75) is 18.2 Å². The highest BCUT2D eigenvalue weighted by molar-refractivity contribution is 7.90. The number of halogens is 2. The molecule has 0 N–H and O–H groups in total. The standard InChI is InChI=1S/C13H12F2N2O3S/c1-9-2-4-12(5-3-9)21(19,20)17-10(6-11(18)7-14)8-16-13(17)15/h2-5,8H,6-7H2,1H3. The van der Waals surface area contributed by atoms with Gasteiger partial charge in [0.05, 0.1) is 23.2 Å². The lowest BCUT2D eigenvalue weighted by Gasteiger charge is -2.09. The molecule has 112 valence electrons. The summed E-state index contributed by atoms with van der Waals surface area (Å²) in [4.78, 5) is 14.2. The summed E-state index contributed by atoms with van der Waals surface area (Å²) >= 11 is 0. The van der Waals surface area contributed by atoms with Gasteiger partial charge in [-0.2, -0.15) is 8.36 Å². The molecule has 0 saturated carbocycles. The number of Topliss-reactive ketones (excluding diaryl/α,β-unsaturated/α-hetero) is 1. The highest BCUT2D eigenvalue weighted by atomic mass is 32.2. The van der Waals surface area contributed by atoms with Crippen molar-refractivity contribution in [2.24, 2.45) is 0 Å². The first kappa shape index (κ1) is 15.3. The van der Waals surface area contributed by atoms with Crippen molar-refractivity contribution in [2.75, 3.05) is 6.67 Å². The lowest BCUT2D eigenvalue weighted by atomic mass is 10.2. The largest absolute Gasteiger partial charge is 0.303 e. The van der Waals surface area contributed by atoms with E-state index in [0.29, 0.717) is 3.97 Å². The SMILES string of the molecule is Cc1ccc(S(=O)(=O)n2c(CC(=O)CF)cnc2F)cc1. The molecule has 1 aromatic heterocycles. The summed E-state index contributed by atoms with van der Waals surface area (Å²) in [6.45, 7) is 0.525. The fraction of sp³-hybridized carbons (Fsp3) is 0.231. The normalized spacial score (nSPS) is 11.6. The zero-order chi connectivity index (χ0) is 15.6. The van der Waals surface area contributed by atoms with Gasteiger partial charge in [0.1, 0.15) is 6.67 Å². The summed E-state index contributed by atoms with van der Waals surface area (Å²) in [6, 6.07) is 5.78. The van der Waals surface area contributed by atoms with E-state index in [-0.39, 0.29) is 10.6 Å². The van der Waals surface area contributed by atoms with Gasteiger partial charge in [0.15, 0.2) is 5.78 Å². The van der Waals surface area contributed by atoms with Crippen LogP contribution in [0.3, 0.4) is 0 Å². The minimum absolute atomic E-state index is 0.140. The van der Waals surface area contributed by atoms with E-state index in [0.717, 1.165) is 11.8 Å². The van der Waals surface area contributed by atoms with Crippen LogP contribution in [0.1, 0.15) is 11.3 Å². The van der Waals surface area contributed by atoms with Gasteiger partial charge in [0.25, 0.3) is 10.0 Å². The topological polar surface area (TPSA) is 69.0 Å². The Balaban J connectivity index is 2.52. The van der Waals surface area contributed by atoms with Gasteiger partial charge in [-0.1, -0.05) is 17.7 Å². The van der Waals surface area contributed by atoms with E-state index < -0.39 is 35.0 Å². The van der Waals surface area contributed by atoms with Crippen LogP contribution in [0.25, 0.3) is 0 Å². The van der Waals surface area contributed by atoms with E-state index in [1.807, 2.05) is 0 Å². The first-order chi connectivity index (χ1) is 9.86. The second-order valence-corrected chi connectivity index (χ2v) is 6.24. The molecule has 0 spiro atoms. The van der Waals surface area contributed by atoms with Gasteiger partial charge in [0.2, 0.25) is 0 Å². The molecule has 0 aliphatic rings. The molecule has 2 aromatic rings. The van der Waals surface area contributed by atoms with E-state index in [2.05, 4.69) is 4.98 Å². The molecule has 21 heavy (non-hydrogen) atoms. The van der Waals surface area contributed by atoms with E-state index in [9.17, 15) is 22.0 Å². The van der Waals surface area contributed by atoms with Gasteiger partial charge >= 0.3 is 6.08 Å². The van der Waals surface area contributed by atoms with Crippen molar-refractivity contribution in [1.29, 1.82) is 0 Å². The number of hydrogen-bond donors (Lipinski definition) is 0. The number of carbonyl (C=O) groups excluding carboxylic acids is 1. The molecule has 0 atom stereocenters. The number of aryl methyl sites for hydroxylation is 1. The Kier molecular flexibility index (Phi) is 4.17. The number of nitrogens with zero attached hydrogens (tertiary/aromatic N) is 2. The van der Waals surface area contributed by atoms with Crippen LogP contribution < -0.4 is 0 Å². The number of alkyl halides is 1. The average molecular weight is 314 g/mol. The summed E-state index contributed by atoms with van der Waals surface area (Å²) in [6.07, 6.45) is -0.898. The molecule has 1 heterocycles. The summed E-state index contributed by atoms with van der Waals surface area (Å²) in [7, 11) is -4.22. The molecule has 8 heteroatoms. The van der Waals surface area contributed by atoms with Gasteiger partial charge < -0.3 is 0 Å². The maximum Gasteiger partial charge on any atom is 0.303 e. The number of imidazole rings is 1. The molecule has 0 fully saturated rings. The number of benzene rings is 1. The van der Waals surface area contributed by atoms with Crippen molar-refractivity contribution < 1.29 is 22.0 Å². The Morgan fingerprint density at radius 2 is 1.90 bits per heavy atom. The Hall–Kier alpha value is -2.09. The third kappa shape index (κ3) is 2.99. The molecule has 0 bridgehead atoms. The highest BCUT2D eigenvalue weighted by Crippen LogP contribution is 2.19. The van der Waals surface area contributed by atoms with Crippen molar-refractivity contribution in [1.82, 2.24) is 8.96 Å². The Morgan fingerprint density at radius 1 is 1.29 bits per heavy atom. The number of aromatic nitrogens is 2. The van der Waals surface area contributed by atoms with Crippen molar-refractivity contribution in [3.8, 4) is 0 Å². The Labute approximate surface area is 120 Å². The molecule has 0 radical (unpaired) electrons. The first-order valence-electron chi connectivity index (χ1n) is 5.98. The third-order valence-corrected chi connectivity index (χ3v) is 4.57. The maximum atomic E-state index is 13.7. The van der Waals surface area contributed by atoms with Crippen molar-refractivity contribution in [3.63, 3.8) is 0 Å². The minimum Gasteiger partial charge on any atom is -0.296 e. The second kappa shape index (κ2) is 5.72. The van der Waals surface area contributed by atoms with E-state index >= 15 is 0 Å². The average Bonchev–Trinajstić information content (AvgIpc) is 2.80. The van der Waals surface area contributed by atoms with Crippen LogP contribution in [0.15, 0.2) is 35.4 Å². The van der Waals surface area contributed by atoms with Gasteiger partial charge in [-0.3, -0.25) is 4.79 Å². The van der Waals surface area contributed by atoms with Crippen molar-refractivity contribution >= 4 is 15.8 Å². The van der Waals surface area contributed by atoms with Crippen molar-refractivity contribution in [3.05, 3.63) is 47.8 Å². The minimum atomic E-state index is -4.22. The smallest absolute Gasteiger partial charge is 0.296 e. The molecular weight excluding hydrogens is 302 g/mol. The zero-order valence-corrected chi connectivity index (χ0v) is 11.9. The van der Waals surface area contributed by atoms with E-state index in [1.54, 1.807) is 19.1 Å². The van der Waals surface area contributed by atoms with Crippen LogP contribution in [-0.4, -0.2) is 29.8 Å². The quantitative estimate of drug-likeness (QED) is 0.841. The predicted octanol–water partition coefficient (Wildman–Crippen LogP) is 1.65. The molecular formula is C13H12F2N2O3S. The lowest BCUT2D eigenvalue weighted by molar-refractivity contribution is -0.119. The number of ketones is 1. The van der Waals surface area contributed by atoms with Gasteiger partial charge in [-0.15, -0.1) is 0 Å². The molecule has 0 unspecified atom stereocenters.